The van der Waals surface area contributed by atoms with Gasteiger partial charge in [0, 0.05) is 6.54 Å². The van der Waals surface area contributed by atoms with E-state index in [0.717, 1.165) is 11.1 Å². The first-order valence-electron chi connectivity index (χ1n) is 5.53. The molecule has 0 saturated carbocycles. The molecule has 6 heteroatoms. The molecular weight excluding hydrogens is 232 g/mol. The lowest BCUT2D eigenvalue weighted by atomic mass is 10.1. The number of benzene rings is 1. The van der Waals surface area contributed by atoms with Gasteiger partial charge in [-0.05, 0) is 12.5 Å². The van der Waals surface area contributed by atoms with Gasteiger partial charge >= 0.3 is 5.97 Å². The molecule has 94 valence electrons. The van der Waals surface area contributed by atoms with Gasteiger partial charge in [-0.25, -0.2) is 9.48 Å². The van der Waals surface area contributed by atoms with Crippen LogP contribution >= 0.6 is 0 Å². The summed E-state index contributed by atoms with van der Waals surface area (Å²) in [5, 5.41) is 16.4. The van der Waals surface area contributed by atoms with Crippen LogP contribution in [0.15, 0.2) is 24.3 Å². The number of aromatic carboxylic acids is 1. The van der Waals surface area contributed by atoms with E-state index in [2.05, 4.69) is 10.3 Å². The molecule has 0 aliphatic carbocycles. The van der Waals surface area contributed by atoms with Gasteiger partial charge < -0.3 is 10.8 Å². The molecule has 0 amide bonds. The summed E-state index contributed by atoms with van der Waals surface area (Å²) in [7, 11) is 0. The van der Waals surface area contributed by atoms with Crippen LogP contribution in [0.25, 0.3) is 0 Å². The van der Waals surface area contributed by atoms with Crippen molar-refractivity contribution in [3.05, 3.63) is 46.8 Å². The van der Waals surface area contributed by atoms with Crippen LogP contribution < -0.4 is 5.73 Å². The van der Waals surface area contributed by atoms with E-state index in [0.29, 0.717) is 12.2 Å². The van der Waals surface area contributed by atoms with Gasteiger partial charge in [-0.3, -0.25) is 0 Å². The molecule has 1 heterocycles. The van der Waals surface area contributed by atoms with Crippen molar-refractivity contribution in [3.8, 4) is 0 Å². The molecule has 18 heavy (non-hydrogen) atoms. The summed E-state index contributed by atoms with van der Waals surface area (Å²) in [4.78, 5) is 10.9. The topological polar surface area (TPSA) is 94.0 Å². The number of aromatic nitrogens is 3. The largest absolute Gasteiger partial charge is 0.476 e. The van der Waals surface area contributed by atoms with Crippen molar-refractivity contribution in [1.29, 1.82) is 0 Å². The highest BCUT2D eigenvalue weighted by Crippen LogP contribution is 2.10. The second kappa shape index (κ2) is 4.97. The summed E-state index contributed by atoms with van der Waals surface area (Å²) in [6.07, 6.45) is 0. The molecule has 0 saturated heterocycles. The maximum atomic E-state index is 10.9. The minimum Gasteiger partial charge on any atom is -0.476 e. The zero-order valence-electron chi connectivity index (χ0n) is 10.00. The highest BCUT2D eigenvalue weighted by atomic mass is 16.4. The van der Waals surface area contributed by atoms with E-state index in [9.17, 15) is 4.79 Å². The van der Waals surface area contributed by atoms with E-state index in [1.807, 2.05) is 31.2 Å². The van der Waals surface area contributed by atoms with Crippen LogP contribution in [-0.4, -0.2) is 26.1 Å². The lowest BCUT2D eigenvalue weighted by Gasteiger charge is -2.06. The second-order valence-electron chi connectivity index (χ2n) is 4.04. The number of hydrogen-bond acceptors (Lipinski definition) is 4. The van der Waals surface area contributed by atoms with E-state index in [4.69, 9.17) is 10.8 Å². The normalized spacial score (nSPS) is 10.6. The van der Waals surface area contributed by atoms with Crippen LogP contribution in [0.3, 0.4) is 0 Å². The maximum absolute atomic E-state index is 10.9. The predicted octanol–water partition coefficient (Wildman–Crippen LogP) is 0.792. The Labute approximate surface area is 104 Å². The molecule has 0 atom stereocenters. The van der Waals surface area contributed by atoms with Gasteiger partial charge in [-0.2, -0.15) is 0 Å². The Morgan fingerprint density at radius 3 is 2.89 bits per heavy atom. The predicted molar refractivity (Wildman–Crippen MR) is 65.2 cm³/mol. The maximum Gasteiger partial charge on any atom is 0.358 e. The SMILES string of the molecule is Cc1cccc(Cn2nnc(C(=O)O)c2CN)c1. The highest BCUT2D eigenvalue weighted by molar-refractivity contribution is 5.86. The van der Waals surface area contributed by atoms with Gasteiger partial charge in [-0.15, -0.1) is 5.10 Å². The number of carboxylic acid groups (broad SMARTS) is 1. The molecule has 0 spiro atoms. The third kappa shape index (κ3) is 2.38. The van der Waals surface area contributed by atoms with Gasteiger partial charge in [0.2, 0.25) is 0 Å². The smallest absolute Gasteiger partial charge is 0.358 e. The van der Waals surface area contributed by atoms with Crippen molar-refractivity contribution in [2.45, 2.75) is 20.0 Å². The van der Waals surface area contributed by atoms with E-state index in [-0.39, 0.29) is 12.2 Å². The first-order chi connectivity index (χ1) is 8.61. The van der Waals surface area contributed by atoms with E-state index in [1.54, 1.807) is 0 Å². The molecule has 1 aromatic heterocycles. The van der Waals surface area contributed by atoms with Crippen LogP contribution in [0.4, 0.5) is 0 Å². The third-order valence-corrected chi connectivity index (χ3v) is 2.65. The summed E-state index contributed by atoms with van der Waals surface area (Å²) in [6.45, 7) is 2.56. The van der Waals surface area contributed by atoms with Crippen LogP contribution in [-0.2, 0) is 13.1 Å². The Balaban J connectivity index is 2.32. The van der Waals surface area contributed by atoms with Crippen molar-refractivity contribution in [2.24, 2.45) is 5.73 Å². The van der Waals surface area contributed by atoms with Gasteiger partial charge in [0.05, 0.1) is 12.2 Å². The van der Waals surface area contributed by atoms with Crippen molar-refractivity contribution in [1.82, 2.24) is 15.0 Å². The number of nitrogens with two attached hydrogens (primary N) is 1. The number of hydrogen-bond donors (Lipinski definition) is 2. The average molecular weight is 246 g/mol. The number of rotatable bonds is 4. The van der Waals surface area contributed by atoms with Gasteiger partial charge in [0.25, 0.3) is 0 Å². The number of nitrogens with zero attached hydrogens (tertiary/aromatic N) is 3. The van der Waals surface area contributed by atoms with Crippen LogP contribution in [0.1, 0.15) is 27.3 Å². The van der Waals surface area contributed by atoms with Crippen molar-refractivity contribution in [2.75, 3.05) is 0 Å². The summed E-state index contributed by atoms with van der Waals surface area (Å²) < 4.78 is 1.53. The number of aryl methyl sites for hydroxylation is 1. The molecule has 0 fully saturated rings. The van der Waals surface area contributed by atoms with Crippen molar-refractivity contribution in [3.63, 3.8) is 0 Å². The molecule has 0 unspecified atom stereocenters. The second-order valence-corrected chi connectivity index (χ2v) is 4.04. The fourth-order valence-electron chi connectivity index (χ4n) is 1.81. The number of carboxylic acids is 1. The summed E-state index contributed by atoms with van der Waals surface area (Å²) in [6, 6.07) is 7.91. The molecule has 2 aromatic rings. The van der Waals surface area contributed by atoms with E-state index < -0.39 is 5.97 Å². The minimum absolute atomic E-state index is 0.0786. The molecular formula is C12H14N4O2. The Bertz CT molecular complexity index is 577. The van der Waals surface area contributed by atoms with Crippen LogP contribution in [0, 0.1) is 6.92 Å². The Hall–Kier alpha value is -2.21. The number of carbonyl (C=O) groups is 1. The minimum atomic E-state index is -1.11. The summed E-state index contributed by atoms with van der Waals surface area (Å²) >= 11 is 0. The lowest BCUT2D eigenvalue weighted by Crippen LogP contribution is -2.13. The van der Waals surface area contributed by atoms with Gasteiger partial charge in [0.15, 0.2) is 5.69 Å². The fourth-order valence-corrected chi connectivity index (χ4v) is 1.81. The standard InChI is InChI=1S/C12H14N4O2/c1-8-3-2-4-9(5-8)7-16-10(6-13)11(12(17)18)14-15-16/h2-5H,6-7,13H2,1H3,(H,17,18). The van der Waals surface area contributed by atoms with Crippen LogP contribution in [0.5, 0.6) is 0 Å². The zero-order valence-corrected chi connectivity index (χ0v) is 10.00. The fraction of sp³-hybridized carbons (Fsp3) is 0.250. The van der Waals surface area contributed by atoms with Crippen molar-refractivity contribution >= 4 is 5.97 Å². The monoisotopic (exact) mass is 246 g/mol. The first-order valence-corrected chi connectivity index (χ1v) is 5.53. The molecule has 6 nitrogen and oxygen atoms in total. The zero-order chi connectivity index (χ0) is 13.1. The quantitative estimate of drug-likeness (QED) is 0.831. The molecule has 0 aliphatic heterocycles. The molecule has 0 bridgehead atoms. The Kier molecular flexibility index (Phi) is 3.38. The molecule has 1 aromatic carbocycles. The molecule has 3 N–H and O–H groups in total. The van der Waals surface area contributed by atoms with E-state index in [1.165, 1.54) is 4.68 Å². The summed E-state index contributed by atoms with van der Waals surface area (Å²) in [5.74, 6) is -1.11. The van der Waals surface area contributed by atoms with Gasteiger partial charge in [-0.1, -0.05) is 35.0 Å². The Morgan fingerprint density at radius 1 is 1.50 bits per heavy atom. The summed E-state index contributed by atoms with van der Waals surface area (Å²) in [5.41, 5.74) is 8.08. The molecule has 0 radical (unpaired) electrons. The van der Waals surface area contributed by atoms with E-state index >= 15 is 0 Å². The highest BCUT2D eigenvalue weighted by Gasteiger charge is 2.17. The average Bonchev–Trinajstić information content (AvgIpc) is 2.72. The lowest BCUT2D eigenvalue weighted by molar-refractivity contribution is 0.0689. The van der Waals surface area contributed by atoms with Gasteiger partial charge in [0.1, 0.15) is 0 Å². The Morgan fingerprint density at radius 2 is 2.28 bits per heavy atom. The van der Waals surface area contributed by atoms with Crippen molar-refractivity contribution < 1.29 is 9.90 Å². The molecule has 0 aliphatic rings. The first kappa shape index (κ1) is 12.3. The molecule has 2 rings (SSSR count). The van der Waals surface area contributed by atoms with Crippen LogP contribution in [0.2, 0.25) is 0 Å². The third-order valence-electron chi connectivity index (χ3n) is 2.65.